The van der Waals surface area contributed by atoms with E-state index in [-0.39, 0.29) is 33.4 Å². The number of hydrogen-bond acceptors (Lipinski definition) is 18. The summed E-state index contributed by atoms with van der Waals surface area (Å²) in [7, 11) is 2.72. The molecule has 0 spiro atoms. The monoisotopic (exact) mass is 802 g/mol. The Morgan fingerprint density at radius 3 is 1.37 bits per heavy atom. The predicted molar refractivity (Wildman–Crippen MR) is 195 cm³/mol. The van der Waals surface area contributed by atoms with E-state index in [9.17, 15) is 49.8 Å². The smallest absolute Gasteiger partial charge is 0.364 e. The molecule has 0 unspecified atom stereocenters. The Kier molecular flexibility index (Phi) is 11.3. The van der Waals surface area contributed by atoms with Gasteiger partial charge in [0.1, 0.15) is 65.7 Å². The molecule has 57 heavy (non-hydrogen) atoms. The number of carbonyl (C=O) groups excluding carboxylic acids is 2. The predicted octanol–water partition coefficient (Wildman–Crippen LogP) is 0.779. The first-order valence-electron chi connectivity index (χ1n) is 17.4. The number of aliphatic hydroxyl groups excluding tert-OH is 4. The summed E-state index contributed by atoms with van der Waals surface area (Å²) in [5.41, 5.74) is -6.33. The summed E-state index contributed by atoms with van der Waals surface area (Å²) in [5.74, 6) is -3.61. The van der Waals surface area contributed by atoms with Gasteiger partial charge in [-0.25, -0.2) is 9.59 Å². The van der Waals surface area contributed by atoms with Crippen molar-refractivity contribution in [3.05, 3.63) is 57.2 Å². The molecule has 2 saturated heterocycles. The van der Waals surface area contributed by atoms with Gasteiger partial charge in [0.2, 0.25) is 24.4 Å². The number of aromatic hydroxyl groups is 2. The van der Waals surface area contributed by atoms with Gasteiger partial charge in [0.05, 0.1) is 22.0 Å². The number of methoxy groups -OCH3 is 2. The van der Waals surface area contributed by atoms with Crippen LogP contribution in [0.2, 0.25) is 0 Å². The molecule has 8 N–H and O–H groups in total. The Morgan fingerprint density at radius 1 is 0.649 bits per heavy atom. The summed E-state index contributed by atoms with van der Waals surface area (Å²) < 4.78 is 44.0. The van der Waals surface area contributed by atoms with E-state index in [0.717, 1.165) is 0 Å². The van der Waals surface area contributed by atoms with Crippen LogP contribution in [0.4, 0.5) is 11.4 Å². The highest BCUT2D eigenvalue weighted by Gasteiger charge is 2.51. The first-order chi connectivity index (χ1) is 26.8. The van der Waals surface area contributed by atoms with E-state index < -0.39 is 113 Å². The molecular weight excluding hydrogens is 760 g/mol. The van der Waals surface area contributed by atoms with Crippen LogP contribution in [0.15, 0.2) is 54.8 Å². The molecule has 8 atom stereocenters. The number of anilines is 2. The molecule has 2 fully saturated rings. The molecule has 4 aromatic rings. The van der Waals surface area contributed by atoms with Crippen LogP contribution < -0.4 is 31.4 Å². The number of ether oxygens (including phenoxy) is 6. The molecule has 20 nitrogen and oxygen atoms in total. The Hall–Kier alpha value is -5.32. The van der Waals surface area contributed by atoms with Gasteiger partial charge in [-0.05, 0) is 52.0 Å². The van der Waals surface area contributed by atoms with E-state index >= 15 is 0 Å². The highest BCUT2D eigenvalue weighted by molar-refractivity contribution is 6.10. The number of amides is 2. The third-order valence-electron chi connectivity index (χ3n) is 9.65. The van der Waals surface area contributed by atoms with Gasteiger partial charge >= 0.3 is 11.3 Å². The second-order valence-electron chi connectivity index (χ2n) is 14.5. The quantitative estimate of drug-likeness (QED) is 0.0812. The van der Waals surface area contributed by atoms with Gasteiger partial charge in [-0.3, -0.25) is 9.59 Å². The lowest BCUT2D eigenvalue weighted by atomic mass is 9.89. The van der Waals surface area contributed by atoms with E-state index in [4.69, 9.17) is 37.3 Å². The number of aliphatic hydroxyl groups is 4. The molecule has 0 aliphatic carbocycles. The van der Waals surface area contributed by atoms with Crippen LogP contribution in [0.25, 0.3) is 21.9 Å². The van der Waals surface area contributed by atoms with E-state index in [1.807, 2.05) is 0 Å². The standard InChI is InChI=1S/C37H42N2O18/c1-36(2)30(50-5)26(44)28(46)34(56-36)52-14-7-9-16-18(11-14)54-32(48)22(24(16)42)38-20(40)13-21(41)39-23-25(43)17-10-8-15(12-19(17)55-33(23)49)53-35-29(47)27(45)31(51-6)37(3,4)57-35/h7-12,26-31,34-35,42-47H,13H2,1-6H3,(H,38,40)(H,39,41)/t26-,27-,28+,29+,30+,31+,34+,35+/m0/s1. The normalized spacial score (nSPS) is 26.8. The van der Waals surface area contributed by atoms with Crippen molar-refractivity contribution in [2.75, 3.05) is 24.9 Å². The van der Waals surface area contributed by atoms with Crippen molar-refractivity contribution in [2.45, 2.75) is 94.5 Å². The molecule has 0 saturated carbocycles. The fourth-order valence-electron chi connectivity index (χ4n) is 6.89. The Morgan fingerprint density at radius 2 is 1.02 bits per heavy atom. The lowest BCUT2D eigenvalue weighted by molar-refractivity contribution is -0.306. The zero-order valence-electron chi connectivity index (χ0n) is 31.4. The second-order valence-corrected chi connectivity index (χ2v) is 14.5. The third kappa shape index (κ3) is 7.98. The number of nitrogens with one attached hydrogen (secondary N) is 2. The molecular formula is C37H42N2O18. The lowest BCUT2D eigenvalue weighted by Crippen LogP contribution is -2.63. The minimum Gasteiger partial charge on any atom is -0.505 e. The Labute approximate surface area is 322 Å². The maximum absolute atomic E-state index is 12.8. The fraction of sp³-hybridized carbons (Fsp3) is 0.459. The average Bonchev–Trinajstić information content (AvgIpc) is 3.12. The molecule has 2 aliphatic rings. The molecule has 0 radical (unpaired) electrons. The van der Waals surface area contributed by atoms with E-state index in [1.165, 1.54) is 50.6 Å². The van der Waals surface area contributed by atoms with E-state index in [2.05, 4.69) is 10.6 Å². The molecule has 2 amide bonds. The Balaban J connectivity index is 1.11. The summed E-state index contributed by atoms with van der Waals surface area (Å²) in [6.45, 7) is 6.54. The number of carbonyl (C=O) groups is 2. The molecule has 2 aromatic carbocycles. The van der Waals surface area contributed by atoms with Crippen LogP contribution in [-0.4, -0.2) is 117 Å². The maximum Gasteiger partial charge on any atom is 0.364 e. The molecule has 2 aromatic heterocycles. The summed E-state index contributed by atoms with van der Waals surface area (Å²) >= 11 is 0. The summed E-state index contributed by atoms with van der Waals surface area (Å²) in [4.78, 5) is 51.3. The third-order valence-corrected chi connectivity index (χ3v) is 9.65. The maximum atomic E-state index is 12.8. The van der Waals surface area contributed by atoms with Gasteiger partial charge in [-0.15, -0.1) is 0 Å². The van der Waals surface area contributed by atoms with Crippen molar-refractivity contribution in [1.29, 1.82) is 0 Å². The van der Waals surface area contributed by atoms with Crippen molar-refractivity contribution in [3.63, 3.8) is 0 Å². The summed E-state index contributed by atoms with van der Waals surface area (Å²) in [6.07, 6.45) is -11.2. The van der Waals surface area contributed by atoms with Gasteiger partial charge in [-0.1, -0.05) is 0 Å². The van der Waals surface area contributed by atoms with Crippen LogP contribution in [0.5, 0.6) is 23.0 Å². The van der Waals surface area contributed by atoms with Gasteiger partial charge in [0.15, 0.2) is 22.9 Å². The summed E-state index contributed by atoms with van der Waals surface area (Å²) in [6, 6.07) is 7.67. The highest BCUT2D eigenvalue weighted by atomic mass is 16.7. The van der Waals surface area contributed by atoms with Crippen LogP contribution in [-0.2, 0) is 28.5 Å². The molecule has 20 heteroatoms. The summed E-state index contributed by atoms with van der Waals surface area (Å²) in [5, 5.41) is 67.9. The van der Waals surface area contributed by atoms with Gasteiger partial charge in [0.25, 0.3) is 0 Å². The molecule has 308 valence electrons. The molecule has 4 heterocycles. The highest BCUT2D eigenvalue weighted by Crippen LogP contribution is 2.37. The first kappa shape index (κ1) is 41.3. The van der Waals surface area contributed by atoms with E-state index in [1.54, 1.807) is 27.7 Å². The zero-order chi connectivity index (χ0) is 41.7. The first-order valence-corrected chi connectivity index (χ1v) is 17.4. The average molecular weight is 803 g/mol. The van der Waals surface area contributed by atoms with Crippen molar-refractivity contribution in [3.8, 4) is 23.0 Å². The van der Waals surface area contributed by atoms with Crippen molar-refractivity contribution in [2.24, 2.45) is 0 Å². The zero-order valence-corrected chi connectivity index (χ0v) is 31.4. The van der Waals surface area contributed by atoms with E-state index in [0.29, 0.717) is 0 Å². The molecule has 0 bridgehead atoms. The Bertz CT molecular complexity index is 2140. The van der Waals surface area contributed by atoms with Gasteiger partial charge in [-0.2, -0.15) is 0 Å². The topological polar surface area (TPSA) is 295 Å². The van der Waals surface area contributed by atoms with Gasteiger partial charge in [0, 0.05) is 26.4 Å². The van der Waals surface area contributed by atoms with Crippen molar-refractivity contribution in [1.82, 2.24) is 0 Å². The SMILES string of the molecule is CO[C@@H]1[C@@H](O)[C@@H](O)[C@H](Oc2ccc3c(O)c(NC(=O)CC(=O)Nc4c(O)c5ccc(O[C@@H]6OC(C)(C)[C@H](OC)[C@@H](O)[C@H]6O)cc5oc4=O)c(=O)oc3c2)OC1(C)C. The fourth-order valence-corrected chi connectivity index (χ4v) is 6.89. The van der Waals surface area contributed by atoms with Gasteiger partial charge < -0.3 is 78.5 Å². The van der Waals surface area contributed by atoms with Crippen LogP contribution in [0, 0.1) is 0 Å². The minimum atomic E-state index is -1.52. The van der Waals surface area contributed by atoms with Crippen molar-refractivity contribution < 1.29 is 77.5 Å². The number of hydrogen-bond donors (Lipinski definition) is 8. The number of fused-ring (bicyclic) bond motifs is 2. The number of rotatable bonds is 10. The number of benzene rings is 2. The van der Waals surface area contributed by atoms with Crippen molar-refractivity contribution >= 4 is 45.1 Å². The van der Waals surface area contributed by atoms with Crippen LogP contribution >= 0.6 is 0 Å². The lowest BCUT2D eigenvalue weighted by Gasteiger charge is -2.46. The molecule has 6 rings (SSSR count). The largest absolute Gasteiger partial charge is 0.505 e. The van der Waals surface area contributed by atoms with Crippen LogP contribution in [0.3, 0.4) is 0 Å². The van der Waals surface area contributed by atoms with Crippen LogP contribution in [0.1, 0.15) is 34.1 Å². The molecule has 2 aliphatic heterocycles. The second kappa shape index (κ2) is 15.6. The minimum absolute atomic E-state index is 0.0244.